The molecule has 14 heavy (non-hydrogen) atoms. The molecule has 6 heteroatoms. The molecule has 0 saturated carbocycles. The minimum Gasteiger partial charge on any atom is -0.477 e. The van der Waals surface area contributed by atoms with Crippen LogP contribution in [0.4, 0.5) is 0 Å². The highest BCUT2D eigenvalue weighted by atomic mass is 79.9. The molecule has 0 saturated heterocycles. The Kier molecular flexibility index (Phi) is 3.04. The first-order valence-electron chi connectivity index (χ1n) is 3.59. The van der Waals surface area contributed by atoms with Crippen LogP contribution in [0.5, 0.6) is 0 Å². The maximum absolute atomic E-state index is 10.5. The molecule has 0 aliphatic heterocycles. The lowest BCUT2D eigenvalue weighted by Crippen LogP contribution is -1.99. The molecule has 0 aliphatic carbocycles. The SMILES string of the molecule is Cn1nc(Br)cc1/C=C(/C#N)C(=O)O. The number of aliphatic carboxylic acids is 1. The van der Waals surface area contributed by atoms with Crippen LogP contribution < -0.4 is 0 Å². The van der Waals surface area contributed by atoms with Crippen LogP contribution >= 0.6 is 15.9 Å². The molecule has 0 aliphatic rings. The Morgan fingerprint density at radius 3 is 2.86 bits per heavy atom. The van der Waals surface area contributed by atoms with Gasteiger partial charge in [0.15, 0.2) is 0 Å². The maximum Gasteiger partial charge on any atom is 0.346 e. The summed E-state index contributed by atoms with van der Waals surface area (Å²) < 4.78 is 2.07. The Bertz CT molecular complexity index is 442. The molecule has 0 aromatic carbocycles. The molecule has 5 nitrogen and oxygen atoms in total. The molecule has 1 N–H and O–H groups in total. The van der Waals surface area contributed by atoms with E-state index in [9.17, 15) is 4.79 Å². The second-order valence-electron chi connectivity index (χ2n) is 2.49. The Morgan fingerprint density at radius 2 is 2.50 bits per heavy atom. The lowest BCUT2D eigenvalue weighted by Gasteiger charge is -1.93. The summed E-state index contributed by atoms with van der Waals surface area (Å²) in [6.45, 7) is 0. The van der Waals surface area contributed by atoms with Crippen molar-refractivity contribution in [1.29, 1.82) is 5.26 Å². The summed E-state index contributed by atoms with van der Waals surface area (Å²) in [5, 5.41) is 21.1. The summed E-state index contributed by atoms with van der Waals surface area (Å²) in [5.74, 6) is -1.25. The minimum atomic E-state index is -1.25. The smallest absolute Gasteiger partial charge is 0.346 e. The standard InChI is InChI=1S/C8H6BrN3O2/c1-12-6(3-7(9)11-12)2-5(4-10)8(13)14/h2-3H,1H3,(H,13,14)/b5-2-. The molecule has 0 atom stereocenters. The average molecular weight is 256 g/mol. The lowest BCUT2D eigenvalue weighted by atomic mass is 10.2. The zero-order chi connectivity index (χ0) is 10.7. The van der Waals surface area contributed by atoms with E-state index in [1.165, 1.54) is 10.8 Å². The van der Waals surface area contributed by atoms with Crippen LogP contribution in [0, 0.1) is 11.3 Å². The first-order valence-corrected chi connectivity index (χ1v) is 4.38. The number of halogens is 1. The molecule has 0 fully saturated rings. The van der Waals surface area contributed by atoms with Crippen LogP contribution in [0.3, 0.4) is 0 Å². The van der Waals surface area contributed by atoms with E-state index in [-0.39, 0.29) is 5.57 Å². The Morgan fingerprint density at radius 1 is 1.86 bits per heavy atom. The van der Waals surface area contributed by atoms with Gasteiger partial charge in [-0.1, -0.05) is 0 Å². The number of aromatic nitrogens is 2. The number of carboxylic acids is 1. The summed E-state index contributed by atoms with van der Waals surface area (Å²) in [7, 11) is 1.66. The van der Waals surface area contributed by atoms with E-state index < -0.39 is 5.97 Å². The van der Waals surface area contributed by atoms with Gasteiger partial charge < -0.3 is 5.11 Å². The number of carbonyl (C=O) groups is 1. The van der Waals surface area contributed by atoms with Gasteiger partial charge in [-0.05, 0) is 28.1 Å². The van der Waals surface area contributed by atoms with Gasteiger partial charge in [-0.3, -0.25) is 4.68 Å². The first kappa shape index (κ1) is 10.5. The molecule has 1 heterocycles. The topological polar surface area (TPSA) is 78.9 Å². The zero-order valence-corrected chi connectivity index (χ0v) is 8.82. The third-order valence-electron chi connectivity index (χ3n) is 1.53. The van der Waals surface area contributed by atoms with Gasteiger partial charge in [-0.15, -0.1) is 0 Å². The quantitative estimate of drug-likeness (QED) is 0.636. The van der Waals surface area contributed by atoms with Crippen molar-refractivity contribution in [3.8, 4) is 6.07 Å². The predicted molar refractivity (Wildman–Crippen MR) is 52.1 cm³/mol. The van der Waals surface area contributed by atoms with E-state index in [0.717, 1.165) is 0 Å². The number of nitriles is 1. The van der Waals surface area contributed by atoms with E-state index in [0.29, 0.717) is 10.3 Å². The molecule has 0 spiro atoms. The maximum atomic E-state index is 10.5. The highest BCUT2D eigenvalue weighted by Gasteiger charge is 2.08. The molecule has 0 bridgehead atoms. The predicted octanol–water partition coefficient (Wildman–Crippen LogP) is 1.17. The fourth-order valence-electron chi connectivity index (χ4n) is 0.870. The molecule has 0 unspecified atom stereocenters. The number of aryl methyl sites for hydroxylation is 1. The van der Waals surface area contributed by atoms with Crippen LogP contribution in [0.2, 0.25) is 0 Å². The highest BCUT2D eigenvalue weighted by Crippen LogP contribution is 2.12. The van der Waals surface area contributed by atoms with E-state index in [1.54, 1.807) is 19.2 Å². The van der Waals surface area contributed by atoms with Crippen molar-refractivity contribution in [3.05, 3.63) is 21.9 Å². The van der Waals surface area contributed by atoms with Gasteiger partial charge in [-0.25, -0.2) is 4.79 Å². The first-order chi connectivity index (χ1) is 6.54. The van der Waals surface area contributed by atoms with E-state index in [4.69, 9.17) is 10.4 Å². The fraction of sp³-hybridized carbons (Fsp3) is 0.125. The van der Waals surface area contributed by atoms with Crippen molar-refractivity contribution < 1.29 is 9.90 Å². The highest BCUT2D eigenvalue weighted by molar-refractivity contribution is 9.10. The van der Waals surface area contributed by atoms with Gasteiger partial charge in [0.05, 0.1) is 5.69 Å². The van der Waals surface area contributed by atoms with Gasteiger partial charge >= 0.3 is 5.97 Å². The number of carboxylic acid groups (broad SMARTS) is 1. The van der Waals surface area contributed by atoms with Crippen LogP contribution in [0.25, 0.3) is 6.08 Å². The van der Waals surface area contributed by atoms with Crippen molar-refractivity contribution >= 4 is 28.0 Å². The normalized spacial score (nSPS) is 11.1. The summed E-state index contributed by atoms with van der Waals surface area (Å²) in [5.41, 5.74) is 0.233. The third kappa shape index (κ3) is 2.20. The van der Waals surface area contributed by atoms with Gasteiger partial charge in [-0.2, -0.15) is 10.4 Å². The lowest BCUT2D eigenvalue weighted by molar-refractivity contribution is -0.132. The van der Waals surface area contributed by atoms with Crippen molar-refractivity contribution in [2.75, 3.05) is 0 Å². The minimum absolute atomic E-state index is 0.319. The Hall–Kier alpha value is -1.61. The van der Waals surface area contributed by atoms with Crippen LogP contribution in [0.1, 0.15) is 5.69 Å². The van der Waals surface area contributed by atoms with Gasteiger partial charge in [0.1, 0.15) is 16.2 Å². The molecule has 0 amide bonds. The van der Waals surface area contributed by atoms with E-state index in [2.05, 4.69) is 21.0 Å². The largest absolute Gasteiger partial charge is 0.477 e. The van der Waals surface area contributed by atoms with Crippen LogP contribution in [-0.4, -0.2) is 20.9 Å². The zero-order valence-electron chi connectivity index (χ0n) is 7.23. The van der Waals surface area contributed by atoms with Crippen molar-refractivity contribution in [1.82, 2.24) is 9.78 Å². The fourth-order valence-corrected chi connectivity index (χ4v) is 1.34. The molecule has 1 rings (SSSR count). The summed E-state index contributed by atoms with van der Waals surface area (Å²) in [6, 6.07) is 3.22. The summed E-state index contributed by atoms with van der Waals surface area (Å²) in [6.07, 6.45) is 1.26. The van der Waals surface area contributed by atoms with Gasteiger partial charge in [0.2, 0.25) is 0 Å². The number of rotatable bonds is 2. The second kappa shape index (κ2) is 4.07. The van der Waals surface area contributed by atoms with Crippen molar-refractivity contribution in [3.63, 3.8) is 0 Å². The van der Waals surface area contributed by atoms with Gasteiger partial charge in [0, 0.05) is 7.05 Å². The van der Waals surface area contributed by atoms with Crippen molar-refractivity contribution in [2.24, 2.45) is 7.05 Å². The van der Waals surface area contributed by atoms with Crippen LogP contribution in [-0.2, 0) is 11.8 Å². The molecular weight excluding hydrogens is 250 g/mol. The van der Waals surface area contributed by atoms with Gasteiger partial charge in [0.25, 0.3) is 0 Å². The Labute approximate surface area is 88.4 Å². The second-order valence-corrected chi connectivity index (χ2v) is 3.30. The molecule has 1 aromatic rings. The summed E-state index contributed by atoms with van der Waals surface area (Å²) in [4.78, 5) is 10.5. The number of nitrogens with zero attached hydrogens (tertiary/aromatic N) is 3. The molecule has 1 aromatic heterocycles. The Balaban J connectivity index is 3.14. The van der Waals surface area contributed by atoms with E-state index in [1.807, 2.05) is 0 Å². The third-order valence-corrected chi connectivity index (χ3v) is 1.92. The van der Waals surface area contributed by atoms with Crippen molar-refractivity contribution in [2.45, 2.75) is 0 Å². The van der Waals surface area contributed by atoms with Crippen LogP contribution in [0.15, 0.2) is 16.2 Å². The molecule has 72 valence electrons. The van der Waals surface area contributed by atoms with E-state index >= 15 is 0 Å². The average Bonchev–Trinajstić information content (AvgIpc) is 2.40. The molecule has 0 radical (unpaired) electrons. The monoisotopic (exact) mass is 255 g/mol. The summed E-state index contributed by atoms with van der Waals surface area (Å²) >= 11 is 3.14. The number of hydrogen-bond donors (Lipinski definition) is 1. The molecular formula is C8H6BrN3O2. The number of hydrogen-bond acceptors (Lipinski definition) is 3.